The molecule has 0 saturated heterocycles. The molecule has 2 aromatic rings. The molecule has 2 unspecified atom stereocenters. The summed E-state index contributed by atoms with van der Waals surface area (Å²) in [6.07, 6.45) is 0.138. The standard InChI is InChI=1S/C21H24N2O6/c1-21(22,18(19(24)28-2)20(25)29-3)16(14-9-5-4-6-10-14)13-15-11-7-8-12-17(15)23(26)27/h4-12,16,18H,13,22H2,1-3H3. The summed E-state index contributed by atoms with van der Waals surface area (Å²) in [5.41, 5.74) is 6.25. The average molecular weight is 400 g/mol. The largest absolute Gasteiger partial charge is 0.468 e. The van der Waals surface area contributed by atoms with Gasteiger partial charge in [-0.15, -0.1) is 0 Å². The molecule has 0 radical (unpaired) electrons. The molecule has 2 aromatic carbocycles. The van der Waals surface area contributed by atoms with Crippen LogP contribution in [0.25, 0.3) is 0 Å². The minimum Gasteiger partial charge on any atom is -0.468 e. The Kier molecular flexibility index (Phi) is 7.06. The molecule has 0 fully saturated rings. The van der Waals surface area contributed by atoms with Crippen LogP contribution >= 0.6 is 0 Å². The molecule has 0 aliphatic heterocycles. The fraction of sp³-hybridized carbons (Fsp3) is 0.333. The molecular weight excluding hydrogens is 376 g/mol. The second-order valence-electron chi connectivity index (χ2n) is 6.90. The van der Waals surface area contributed by atoms with Crippen LogP contribution in [0.1, 0.15) is 24.0 Å². The van der Waals surface area contributed by atoms with Crippen LogP contribution in [0.2, 0.25) is 0 Å². The lowest BCUT2D eigenvalue weighted by atomic mass is 9.70. The van der Waals surface area contributed by atoms with Crippen molar-refractivity contribution in [1.82, 2.24) is 0 Å². The van der Waals surface area contributed by atoms with E-state index < -0.39 is 34.2 Å². The van der Waals surface area contributed by atoms with Gasteiger partial charge in [-0.05, 0) is 18.9 Å². The molecular formula is C21H24N2O6. The van der Waals surface area contributed by atoms with E-state index in [1.807, 2.05) is 6.07 Å². The van der Waals surface area contributed by atoms with Crippen molar-refractivity contribution in [3.8, 4) is 0 Å². The van der Waals surface area contributed by atoms with Crippen molar-refractivity contribution in [3.05, 3.63) is 75.8 Å². The fourth-order valence-corrected chi connectivity index (χ4v) is 3.50. The molecule has 154 valence electrons. The van der Waals surface area contributed by atoms with Gasteiger partial charge in [0.05, 0.1) is 19.1 Å². The van der Waals surface area contributed by atoms with Crippen LogP contribution in [0.4, 0.5) is 5.69 Å². The van der Waals surface area contributed by atoms with E-state index in [0.29, 0.717) is 5.56 Å². The number of nitrogens with zero attached hydrogens (tertiary/aromatic N) is 1. The third-order valence-corrected chi connectivity index (χ3v) is 5.06. The van der Waals surface area contributed by atoms with Gasteiger partial charge in [-0.3, -0.25) is 19.7 Å². The summed E-state index contributed by atoms with van der Waals surface area (Å²) < 4.78 is 9.58. The van der Waals surface area contributed by atoms with Crippen molar-refractivity contribution >= 4 is 17.6 Å². The van der Waals surface area contributed by atoms with Crippen molar-refractivity contribution in [2.75, 3.05) is 14.2 Å². The van der Waals surface area contributed by atoms with Crippen LogP contribution in [0.3, 0.4) is 0 Å². The summed E-state index contributed by atoms with van der Waals surface area (Å²) in [5.74, 6) is -3.69. The van der Waals surface area contributed by atoms with Crippen LogP contribution < -0.4 is 5.73 Å². The Bertz CT molecular complexity index is 866. The number of nitro benzene ring substituents is 1. The Labute approximate surface area is 168 Å². The van der Waals surface area contributed by atoms with Crippen molar-refractivity contribution in [2.45, 2.75) is 24.8 Å². The second kappa shape index (κ2) is 9.29. The number of para-hydroxylation sites is 1. The van der Waals surface area contributed by atoms with E-state index in [9.17, 15) is 19.7 Å². The summed E-state index contributed by atoms with van der Waals surface area (Å²) in [4.78, 5) is 35.8. The van der Waals surface area contributed by atoms with E-state index in [4.69, 9.17) is 15.2 Å². The molecule has 2 rings (SSSR count). The van der Waals surface area contributed by atoms with Crippen LogP contribution in [0.5, 0.6) is 0 Å². The average Bonchev–Trinajstić information content (AvgIpc) is 2.72. The van der Waals surface area contributed by atoms with Gasteiger partial charge in [-0.2, -0.15) is 0 Å². The first-order valence-electron chi connectivity index (χ1n) is 8.95. The van der Waals surface area contributed by atoms with Gasteiger partial charge in [0.25, 0.3) is 5.69 Å². The highest BCUT2D eigenvalue weighted by Gasteiger charge is 2.49. The first-order valence-corrected chi connectivity index (χ1v) is 8.95. The van der Waals surface area contributed by atoms with Crippen LogP contribution in [-0.4, -0.2) is 36.6 Å². The quantitative estimate of drug-likeness (QED) is 0.313. The van der Waals surface area contributed by atoms with E-state index >= 15 is 0 Å². The topological polar surface area (TPSA) is 122 Å². The maximum Gasteiger partial charge on any atom is 0.321 e. The van der Waals surface area contributed by atoms with Gasteiger partial charge in [0, 0.05) is 23.1 Å². The lowest BCUT2D eigenvalue weighted by molar-refractivity contribution is -0.385. The Morgan fingerprint density at radius 1 is 1.03 bits per heavy atom. The predicted molar refractivity (Wildman–Crippen MR) is 106 cm³/mol. The summed E-state index contributed by atoms with van der Waals surface area (Å²) >= 11 is 0. The number of hydrogen-bond acceptors (Lipinski definition) is 7. The molecule has 8 heteroatoms. The fourth-order valence-electron chi connectivity index (χ4n) is 3.50. The summed E-state index contributed by atoms with van der Waals surface area (Å²) in [6.45, 7) is 1.55. The summed E-state index contributed by atoms with van der Waals surface area (Å²) in [6, 6.07) is 15.3. The number of nitro groups is 1. The summed E-state index contributed by atoms with van der Waals surface area (Å²) in [7, 11) is 2.32. The molecule has 0 aromatic heterocycles. The molecule has 0 amide bonds. The second-order valence-corrected chi connectivity index (χ2v) is 6.90. The number of carbonyl (C=O) groups is 2. The van der Waals surface area contributed by atoms with Gasteiger partial charge in [-0.1, -0.05) is 48.5 Å². The SMILES string of the molecule is COC(=O)C(C(=O)OC)C(C)(N)C(Cc1ccccc1[N+](=O)[O-])c1ccccc1. The molecule has 2 N–H and O–H groups in total. The van der Waals surface area contributed by atoms with Gasteiger partial charge in [0.2, 0.25) is 0 Å². The number of nitrogens with two attached hydrogens (primary N) is 1. The number of hydrogen-bond donors (Lipinski definition) is 1. The maximum atomic E-state index is 12.4. The van der Waals surface area contributed by atoms with E-state index in [2.05, 4.69) is 0 Å². The Balaban J connectivity index is 2.60. The van der Waals surface area contributed by atoms with E-state index in [1.165, 1.54) is 6.07 Å². The molecule has 0 bridgehead atoms. The predicted octanol–water partition coefficient (Wildman–Crippen LogP) is 2.60. The summed E-state index contributed by atoms with van der Waals surface area (Å²) in [5, 5.41) is 11.5. The Morgan fingerprint density at radius 2 is 1.55 bits per heavy atom. The highest BCUT2D eigenvalue weighted by molar-refractivity contribution is 5.96. The van der Waals surface area contributed by atoms with Gasteiger partial charge in [0.1, 0.15) is 0 Å². The maximum absolute atomic E-state index is 12.4. The minimum atomic E-state index is -1.45. The number of benzene rings is 2. The molecule has 0 saturated carbocycles. The van der Waals surface area contributed by atoms with Gasteiger partial charge < -0.3 is 15.2 Å². The first-order chi connectivity index (χ1) is 13.7. The zero-order chi connectivity index (χ0) is 21.6. The monoisotopic (exact) mass is 400 g/mol. The van der Waals surface area contributed by atoms with Crippen molar-refractivity contribution in [2.24, 2.45) is 11.7 Å². The molecule has 2 atom stereocenters. The zero-order valence-corrected chi connectivity index (χ0v) is 16.5. The zero-order valence-electron chi connectivity index (χ0n) is 16.5. The molecule has 0 heterocycles. The third kappa shape index (κ3) is 4.78. The molecule has 8 nitrogen and oxygen atoms in total. The van der Waals surface area contributed by atoms with Crippen molar-refractivity contribution < 1.29 is 24.0 Å². The van der Waals surface area contributed by atoms with Gasteiger partial charge >= 0.3 is 11.9 Å². The minimum absolute atomic E-state index is 0.0584. The molecule has 0 aliphatic rings. The number of ether oxygens (including phenoxy) is 2. The lowest BCUT2D eigenvalue weighted by Gasteiger charge is -2.38. The molecule has 0 aliphatic carbocycles. The Hall–Kier alpha value is -3.26. The number of carbonyl (C=O) groups excluding carboxylic acids is 2. The third-order valence-electron chi connectivity index (χ3n) is 5.06. The normalized spacial score (nSPS) is 14.0. The lowest BCUT2D eigenvalue weighted by Crippen LogP contribution is -2.56. The van der Waals surface area contributed by atoms with E-state index in [-0.39, 0.29) is 12.1 Å². The van der Waals surface area contributed by atoms with Crippen LogP contribution in [-0.2, 0) is 25.5 Å². The van der Waals surface area contributed by atoms with E-state index in [0.717, 1.165) is 19.8 Å². The van der Waals surface area contributed by atoms with Gasteiger partial charge in [0.15, 0.2) is 5.92 Å². The highest BCUT2D eigenvalue weighted by atomic mass is 16.6. The van der Waals surface area contributed by atoms with Crippen molar-refractivity contribution in [3.63, 3.8) is 0 Å². The highest BCUT2D eigenvalue weighted by Crippen LogP contribution is 2.38. The molecule has 29 heavy (non-hydrogen) atoms. The number of methoxy groups -OCH3 is 2. The Morgan fingerprint density at radius 3 is 2.07 bits per heavy atom. The van der Waals surface area contributed by atoms with Crippen LogP contribution in [0, 0.1) is 16.0 Å². The number of esters is 2. The van der Waals surface area contributed by atoms with Gasteiger partial charge in [-0.25, -0.2) is 0 Å². The smallest absolute Gasteiger partial charge is 0.321 e. The first kappa shape index (κ1) is 22.0. The van der Waals surface area contributed by atoms with E-state index in [1.54, 1.807) is 49.4 Å². The number of rotatable bonds is 8. The van der Waals surface area contributed by atoms with Crippen LogP contribution in [0.15, 0.2) is 54.6 Å². The molecule has 0 spiro atoms. The van der Waals surface area contributed by atoms with Crippen molar-refractivity contribution in [1.29, 1.82) is 0 Å².